The van der Waals surface area contributed by atoms with E-state index < -0.39 is 20.2 Å². The molecule has 0 saturated heterocycles. The van der Waals surface area contributed by atoms with E-state index in [1.807, 2.05) is 0 Å². The first-order valence-electron chi connectivity index (χ1n) is 4.92. The van der Waals surface area contributed by atoms with E-state index in [9.17, 15) is 6.18 Å². The van der Waals surface area contributed by atoms with Gasteiger partial charge in [0.05, 0.1) is 0 Å². The Morgan fingerprint density at radius 2 is 1.73 bits per heavy atom. The second-order valence-corrected chi connectivity index (χ2v) is 3.54. The van der Waals surface area contributed by atoms with Gasteiger partial charge in [-0.2, -0.15) is 0 Å². The van der Waals surface area contributed by atoms with Crippen LogP contribution in [-0.4, -0.2) is 0 Å². The Labute approximate surface area is 99.7 Å². The van der Waals surface area contributed by atoms with Crippen LogP contribution in [0.15, 0.2) is 29.8 Å². The number of halogens is 2. The molecule has 0 spiro atoms. The molecule has 1 aliphatic rings. The molecule has 15 heavy (non-hydrogen) atoms. The zero-order valence-corrected chi connectivity index (χ0v) is 10.2. The molecule has 0 nitrogen and oxygen atoms in total. The van der Waals surface area contributed by atoms with Crippen molar-refractivity contribution >= 4 is 6.08 Å². The zero-order valence-electron chi connectivity index (χ0n) is 8.63. The van der Waals surface area contributed by atoms with E-state index >= 15 is 0 Å². The molecular formula is C12H13F2Ti. The van der Waals surface area contributed by atoms with Crippen LogP contribution < -0.4 is 0 Å². The van der Waals surface area contributed by atoms with Crippen molar-refractivity contribution in [3.8, 4) is 0 Å². The SMILES string of the molecule is CCCC1=Cc2ccccc2[CH]1.[F][Ti][F]. The van der Waals surface area contributed by atoms with Crippen LogP contribution >= 0.6 is 0 Å². The van der Waals surface area contributed by atoms with Gasteiger partial charge in [-0.1, -0.05) is 49.3 Å². The Morgan fingerprint density at radius 1 is 1.13 bits per heavy atom. The molecule has 0 bridgehead atoms. The first-order valence-corrected chi connectivity index (χ1v) is 6.10. The van der Waals surface area contributed by atoms with Crippen molar-refractivity contribution in [2.24, 2.45) is 0 Å². The third-order valence-electron chi connectivity index (χ3n) is 2.22. The Bertz CT molecular complexity index is 334. The van der Waals surface area contributed by atoms with Gasteiger partial charge in [-0.25, -0.2) is 0 Å². The maximum atomic E-state index is 9.75. The quantitative estimate of drug-likeness (QED) is 0.680. The van der Waals surface area contributed by atoms with E-state index in [2.05, 4.69) is 43.7 Å². The Balaban J connectivity index is 0.000000337. The summed E-state index contributed by atoms with van der Waals surface area (Å²) < 4.78 is 19.5. The maximum absolute atomic E-state index is 9.75. The van der Waals surface area contributed by atoms with Crippen molar-refractivity contribution in [1.29, 1.82) is 0 Å². The van der Waals surface area contributed by atoms with E-state index in [-0.39, 0.29) is 0 Å². The number of hydrogen-bond acceptors (Lipinski definition) is 0. The standard InChI is InChI=1S/C12H13.2FH.Ti/c1-2-5-10-8-11-6-3-4-7-12(11)9-10;;;/h3-4,6-9H,2,5H2,1H3;2*1H;/q;;;+2/p-2. The van der Waals surface area contributed by atoms with Gasteiger partial charge in [-0.05, 0) is 17.5 Å². The number of allylic oxidation sites excluding steroid dienone is 1. The molecule has 1 aromatic rings. The topological polar surface area (TPSA) is 0 Å². The van der Waals surface area contributed by atoms with Crippen LogP contribution in [0.5, 0.6) is 0 Å². The van der Waals surface area contributed by atoms with E-state index in [0.717, 1.165) is 0 Å². The predicted octanol–water partition coefficient (Wildman–Crippen LogP) is 4.27. The molecule has 0 amide bonds. The molecule has 0 N–H and O–H groups in total. The zero-order chi connectivity index (χ0) is 11.1. The molecule has 2 rings (SSSR count). The summed E-state index contributed by atoms with van der Waals surface area (Å²) in [6, 6.07) is 8.54. The van der Waals surface area contributed by atoms with E-state index in [1.165, 1.54) is 29.5 Å². The predicted molar refractivity (Wildman–Crippen MR) is 54.9 cm³/mol. The summed E-state index contributed by atoms with van der Waals surface area (Å²) in [5, 5.41) is 0. The summed E-state index contributed by atoms with van der Waals surface area (Å²) in [4.78, 5) is 0. The number of rotatable bonds is 2. The molecule has 1 aliphatic carbocycles. The number of benzene rings is 1. The minimum absolute atomic E-state index is 1.20. The normalized spacial score (nSPS) is 12.3. The van der Waals surface area contributed by atoms with E-state index in [1.54, 1.807) is 0 Å². The summed E-state index contributed by atoms with van der Waals surface area (Å²) >= 11 is -2.50. The van der Waals surface area contributed by atoms with Crippen molar-refractivity contribution < 1.29 is 26.4 Å². The average Bonchev–Trinajstić information content (AvgIpc) is 2.61. The fourth-order valence-electron chi connectivity index (χ4n) is 1.65. The van der Waals surface area contributed by atoms with Crippen molar-refractivity contribution in [3.63, 3.8) is 0 Å². The van der Waals surface area contributed by atoms with Gasteiger partial charge in [0.25, 0.3) is 0 Å². The number of hydrogen-bond donors (Lipinski definition) is 0. The average molecular weight is 243 g/mol. The summed E-state index contributed by atoms with van der Waals surface area (Å²) in [6.07, 6.45) is 7.02. The van der Waals surface area contributed by atoms with Crippen molar-refractivity contribution in [1.82, 2.24) is 0 Å². The molecule has 0 atom stereocenters. The molecule has 1 radical (unpaired) electrons. The summed E-state index contributed by atoms with van der Waals surface area (Å²) in [5.41, 5.74) is 4.22. The van der Waals surface area contributed by atoms with E-state index in [0.29, 0.717) is 0 Å². The Morgan fingerprint density at radius 3 is 2.27 bits per heavy atom. The molecule has 0 saturated carbocycles. The summed E-state index contributed by atoms with van der Waals surface area (Å²) in [5.74, 6) is 0. The Kier molecular flexibility index (Phi) is 5.81. The van der Waals surface area contributed by atoms with Crippen LogP contribution in [0.25, 0.3) is 6.08 Å². The minimum atomic E-state index is -2.50. The molecular weight excluding hydrogens is 230 g/mol. The van der Waals surface area contributed by atoms with Crippen molar-refractivity contribution in [2.75, 3.05) is 0 Å². The Hall–Kier alpha value is -0.466. The van der Waals surface area contributed by atoms with Crippen LogP contribution in [0.4, 0.5) is 6.18 Å². The second kappa shape index (κ2) is 6.92. The third-order valence-corrected chi connectivity index (χ3v) is 2.22. The molecule has 0 unspecified atom stereocenters. The van der Waals surface area contributed by atoms with E-state index in [4.69, 9.17) is 0 Å². The summed E-state index contributed by atoms with van der Waals surface area (Å²) in [7, 11) is 0. The van der Waals surface area contributed by atoms with Gasteiger partial charge in [0.15, 0.2) is 0 Å². The van der Waals surface area contributed by atoms with Gasteiger partial charge in [-0.15, -0.1) is 0 Å². The molecule has 1 aromatic carbocycles. The molecule has 79 valence electrons. The molecule has 0 heterocycles. The van der Waals surface area contributed by atoms with Crippen LogP contribution in [0.3, 0.4) is 0 Å². The third kappa shape index (κ3) is 3.88. The van der Waals surface area contributed by atoms with Gasteiger partial charge in [0.2, 0.25) is 0 Å². The monoisotopic (exact) mass is 243 g/mol. The fraction of sp³-hybridized carbons (Fsp3) is 0.250. The van der Waals surface area contributed by atoms with Crippen LogP contribution in [0.2, 0.25) is 0 Å². The first-order chi connectivity index (χ1) is 7.31. The number of fused-ring (bicyclic) bond motifs is 1. The van der Waals surface area contributed by atoms with Crippen molar-refractivity contribution in [2.45, 2.75) is 19.8 Å². The summed E-state index contributed by atoms with van der Waals surface area (Å²) in [6.45, 7) is 2.22. The van der Waals surface area contributed by atoms with Gasteiger partial charge < -0.3 is 0 Å². The van der Waals surface area contributed by atoms with Gasteiger partial charge in [-0.3, -0.25) is 0 Å². The van der Waals surface area contributed by atoms with Gasteiger partial charge in [0, 0.05) is 6.42 Å². The fourth-order valence-corrected chi connectivity index (χ4v) is 1.65. The molecule has 0 aromatic heterocycles. The van der Waals surface area contributed by atoms with Crippen LogP contribution in [0, 0.1) is 6.42 Å². The second-order valence-electron chi connectivity index (χ2n) is 3.31. The van der Waals surface area contributed by atoms with Crippen LogP contribution in [-0.2, 0) is 20.2 Å². The molecule has 0 fully saturated rings. The van der Waals surface area contributed by atoms with Crippen molar-refractivity contribution in [3.05, 3.63) is 47.4 Å². The van der Waals surface area contributed by atoms with Gasteiger partial charge >= 0.3 is 26.4 Å². The molecule has 0 aliphatic heterocycles. The molecule has 3 heteroatoms. The first kappa shape index (κ1) is 12.6. The van der Waals surface area contributed by atoms with Gasteiger partial charge in [0.1, 0.15) is 0 Å². The van der Waals surface area contributed by atoms with Crippen LogP contribution in [0.1, 0.15) is 30.9 Å².